The first-order valence-corrected chi connectivity index (χ1v) is 8.98. The molecule has 0 saturated heterocycles. The molecule has 0 aliphatic heterocycles. The van der Waals surface area contributed by atoms with Crippen LogP contribution in [0.4, 0.5) is 5.69 Å². The van der Waals surface area contributed by atoms with E-state index in [2.05, 4.69) is 32.9 Å². The molecule has 0 spiro atoms. The van der Waals surface area contributed by atoms with Crippen LogP contribution < -0.4 is 14.8 Å². The molecule has 8 heteroatoms. The van der Waals surface area contributed by atoms with Crippen molar-refractivity contribution in [3.8, 4) is 11.5 Å². The first-order valence-electron chi connectivity index (χ1n) is 8.98. The van der Waals surface area contributed by atoms with E-state index in [1.807, 2.05) is 42.5 Å². The number of H-pyrrole nitrogens is 1. The first kappa shape index (κ1) is 19.3. The fraction of sp³-hybridized carbons (Fsp3) is 0.300. The van der Waals surface area contributed by atoms with E-state index in [9.17, 15) is 4.79 Å². The second-order valence-electron chi connectivity index (χ2n) is 6.26. The van der Waals surface area contributed by atoms with Crippen molar-refractivity contribution in [3.05, 3.63) is 59.4 Å². The number of carbonyl (C=O) groups excluding carboxylic acids is 1. The molecule has 1 heterocycles. The molecule has 8 nitrogen and oxygen atoms in total. The number of benzene rings is 2. The molecular formula is C20H23N5O3. The van der Waals surface area contributed by atoms with Crippen LogP contribution in [-0.4, -0.2) is 40.8 Å². The number of hydrogen-bond donors (Lipinski definition) is 2. The van der Waals surface area contributed by atoms with Crippen molar-refractivity contribution in [1.82, 2.24) is 20.6 Å². The van der Waals surface area contributed by atoms with Gasteiger partial charge in [0.2, 0.25) is 5.91 Å². The van der Waals surface area contributed by atoms with Gasteiger partial charge in [0.1, 0.15) is 5.92 Å². The number of hydrogen-bond acceptors (Lipinski definition) is 6. The summed E-state index contributed by atoms with van der Waals surface area (Å²) in [4.78, 5) is 13.0. The Bertz CT molecular complexity index is 910. The zero-order valence-electron chi connectivity index (χ0n) is 16.1. The van der Waals surface area contributed by atoms with Crippen LogP contribution in [0.15, 0.2) is 42.5 Å². The largest absolute Gasteiger partial charge is 0.493 e. The molecule has 28 heavy (non-hydrogen) atoms. The summed E-state index contributed by atoms with van der Waals surface area (Å²) in [7, 11) is 3.15. The predicted molar refractivity (Wildman–Crippen MR) is 105 cm³/mol. The van der Waals surface area contributed by atoms with Crippen LogP contribution >= 0.6 is 0 Å². The molecule has 0 radical (unpaired) electrons. The van der Waals surface area contributed by atoms with Gasteiger partial charge in [0.25, 0.3) is 0 Å². The number of methoxy groups -OCH3 is 2. The summed E-state index contributed by atoms with van der Waals surface area (Å²) < 4.78 is 10.6. The van der Waals surface area contributed by atoms with E-state index in [1.165, 1.54) is 5.56 Å². The highest BCUT2D eigenvalue weighted by Gasteiger charge is 2.26. The van der Waals surface area contributed by atoms with Crippen molar-refractivity contribution in [1.29, 1.82) is 0 Å². The highest BCUT2D eigenvalue weighted by Crippen LogP contribution is 2.30. The fourth-order valence-electron chi connectivity index (χ4n) is 2.91. The van der Waals surface area contributed by atoms with Gasteiger partial charge in [-0.15, -0.1) is 10.2 Å². The maximum atomic E-state index is 13.0. The monoisotopic (exact) mass is 381 g/mol. The van der Waals surface area contributed by atoms with E-state index in [4.69, 9.17) is 9.47 Å². The third kappa shape index (κ3) is 4.46. The number of nitrogens with one attached hydrogen (secondary N) is 2. The lowest BCUT2D eigenvalue weighted by molar-refractivity contribution is -0.117. The molecule has 0 saturated carbocycles. The van der Waals surface area contributed by atoms with Crippen LogP contribution in [0.5, 0.6) is 11.5 Å². The Kier molecular flexibility index (Phi) is 6.21. The minimum absolute atomic E-state index is 0.208. The van der Waals surface area contributed by atoms with E-state index < -0.39 is 5.92 Å². The number of aromatic amines is 1. The number of nitrogens with zero attached hydrogens (tertiary/aromatic N) is 3. The number of carbonyl (C=O) groups is 1. The van der Waals surface area contributed by atoms with Gasteiger partial charge in [0.05, 0.1) is 14.2 Å². The zero-order valence-corrected chi connectivity index (χ0v) is 16.1. The minimum atomic E-state index is -0.609. The smallest absolute Gasteiger partial charge is 0.235 e. The van der Waals surface area contributed by atoms with E-state index in [-0.39, 0.29) is 5.91 Å². The molecule has 1 amide bonds. The van der Waals surface area contributed by atoms with Crippen molar-refractivity contribution in [2.75, 3.05) is 19.5 Å². The molecule has 2 N–H and O–H groups in total. The Labute approximate surface area is 163 Å². The highest BCUT2D eigenvalue weighted by atomic mass is 16.5. The molecular weight excluding hydrogens is 358 g/mol. The van der Waals surface area contributed by atoms with Gasteiger partial charge in [-0.2, -0.15) is 5.21 Å². The Balaban J connectivity index is 1.82. The van der Waals surface area contributed by atoms with Gasteiger partial charge in [-0.1, -0.05) is 30.3 Å². The van der Waals surface area contributed by atoms with Gasteiger partial charge in [-0.3, -0.25) is 4.79 Å². The second kappa shape index (κ2) is 8.98. The number of anilines is 1. The van der Waals surface area contributed by atoms with Gasteiger partial charge < -0.3 is 14.8 Å². The molecule has 1 aromatic heterocycles. The average molecular weight is 381 g/mol. The normalized spacial score (nSPS) is 11.7. The lowest BCUT2D eigenvalue weighted by Crippen LogP contribution is -2.24. The van der Waals surface area contributed by atoms with Gasteiger partial charge in [0, 0.05) is 5.69 Å². The molecule has 2 aromatic carbocycles. The van der Waals surface area contributed by atoms with Crippen molar-refractivity contribution < 1.29 is 14.3 Å². The SMILES string of the molecule is CCc1ccc(NC(=O)C(Cc2ccc(OC)c(OC)c2)c2nn[nH]n2)cc1. The molecule has 0 bridgehead atoms. The Hall–Kier alpha value is -3.42. The van der Waals surface area contributed by atoms with Crippen molar-refractivity contribution in [3.63, 3.8) is 0 Å². The highest BCUT2D eigenvalue weighted by molar-refractivity contribution is 5.95. The minimum Gasteiger partial charge on any atom is -0.493 e. The topological polar surface area (TPSA) is 102 Å². The summed E-state index contributed by atoms with van der Waals surface area (Å²) in [6, 6.07) is 13.3. The van der Waals surface area contributed by atoms with Gasteiger partial charge in [0.15, 0.2) is 17.3 Å². The van der Waals surface area contributed by atoms with Crippen molar-refractivity contribution in [2.24, 2.45) is 0 Å². The fourth-order valence-corrected chi connectivity index (χ4v) is 2.91. The quantitative estimate of drug-likeness (QED) is 0.622. The van der Waals surface area contributed by atoms with Crippen LogP contribution in [0.1, 0.15) is 29.8 Å². The Morgan fingerprint density at radius 3 is 2.39 bits per heavy atom. The van der Waals surface area contributed by atoms with E-state index in [0.29, 0.717) is 23.7 Å². The molecule has 1 atom stereocenters. The van der Waals surface area contributed by atoms with Crippen LogP contribution in [0.2, 0.25) is 0 Å². The zero-order chi connectivity index (χ0) is 19.9. The van der Waals surface area contributed by atoms with Gasteiger partial charge in [-0.25, -0.2) is 0 Å². The number of aryl methyl sites for hydroxylation is 1. The Morgan fingerprint density at radius 2 is 1.79 bits per heavy atom. The van der Waals surface area contributed by atoms with Crippen LogP contribution in [0.25, 0.3) is 0 Å². The van der Waals surface area contributed by atoms with E-state index >= 15 is 0 Å². The summed E-state index contributed by atoms with van der Waals surface area (Å²) in [6.07, 6.45) is 1.33. The lowest BCUT2D eigenvalue weighted by Gasteiger charge is -2.15. The third-order valence-corrected chi connectivity index (χ3v) is 4.51. The molecule has 146 valence electrons. The molecule has 0 aliphatic carbocycles. The number of aromatic nitrogens is 4. The average Bonchev–Trinajstić information content (AvgIpc) is 3.26. The second-order valence-corrected chi connectivity index (χ2v) is 6.26. The molecule has 1 unspecified atom stereocenters. The first-order chi connectivity index (χ1) is 13.6. The van der Waals surface area contributed by atoms with Gasteiger partial charge in [-0.05, 0) is 48.2 Å². The van der Waals surface area contributed by atoms with Gasteiger partial charge >= 0.3 is 0 Å². The number of rotatable bonds is 8. The predicted octanol–water partition coefficient (Wildman–Crippen LogP) is 2.74. The molecule has 3 rings (SSSR count). The maximum absolute atomic E-state index is 13.0. The molecule has 3 aromatic rings. The van der Waals surface area contributed by atoms with Crippen LogP contribution in [-0.2, 0) is 17.6 Å². The van der Waals surface area contributed by atoms with E-state index in [1.54, 1.807) is 14.2 Å². The third-order valence-electron chi connectivity index (χ3n) is 4.51. The number of amides is 1. The Morgan fingerprint density at radius 1 is 1.07 bits per heavy atom. The summed E-state index contributed by atoms with van der Waals surface area (Å²) >= 11 is 0. The van der Waals surface area contributed by atoms with Crippen LogP contribution in [0, 0.1) is 0 Å². The summed E-state index contributed by atoms with van der Waals surface area (Å²) in [6.45, 7) is 2.09. The molecule has 0 aliphatic rings. The van der Waals surface area contributed by atoms with Crippen LogP contribution in [0.3, 0.4) is 0 Å². The van der Waals surface area contributed by atoms with Crippen molar-refractivity contribution >= 4 is 11.6 Å². The maximum Gasteiger partial charge on any atom is 0.235 e. The van der Waals surface area contributed by atoms with Crippen molar-refractivity contribution in [2.45, 2.75) is 25.7 Å². The standard InChI is InChI=1S/C20H23N5O3/c1-4-13-5-8-15(9-6-13)21-20(26)16(19-22-24-25-23-19)11-14-7-10-17(27-2)18(12-14)28-3/h5-10,12,16H,4,11H2,1-3H3,(H,21,26)(H,22,23,24,25). The summed E-state index contributed by atoms with van der Waals surface area (Å²) in [5.74, 6) is 0.742. The van der Waals surface area contributed by atoms with E-state index in [0.717, 1.165) is 17.7 Å². The summed E-state index contributed by atoms with van der Waals surface area (Å²) in [5, 5.41) is 17.0. The number of ether oxygens (including phenoxy) is 2. The number of tetrazole rings is 1. The summed E-state index contributed by atoms with van der Waals surface area (Å²) in [5.41, 5.74) is 2.82. The molecule has 0 fully saturated rings. The lowest BCUT2D eigenvalue weighted by atomic mass is 9.97.